The highest BCUT2D eigenvalue weighted by atomic mass is 32.2. The minimum absolute atomic E-state index is 0.559. The van der Waals surface area contributed by atoms with E-state index in [1.807, 2.05) is 18.2 Å². The molecule has 1 unspecified atom stereocenters. The monoisotopic (exact) mass is 269 g/mol. The van der Waals surface area contributed by atoms with E-state index in [0.29, 0.717) is 24.7 Å². The van der Waals surface area contributed by atoms with Crippen LogP contribution in [0.1, 0.15) is 13.3 Å². The van der Waals surface area contributed by atoms with E-state index in [-0.39, 0.29) is 0 Å². The van der Waals surface area contributed by atoms with Crippen LogP contribution in [0.5, 0.6) is 11.5 Å². The average molecular weight is 269 g/mol. The average Bonchev–Trinajstić information content (AvgIpc) is 2.43. The van der Waals surface area contributed by atoms with E-state index < -0.39 is 10.8 Å². The number of ether oxygens (including phenoxy) is 2. The van der Waals surface area contributed by atoms with Crippen molar-refractivity contribution in [2.24, 2.45) is 0 Å². The Morgan fingerprint density at radius 2 is 2.06 bits per heavy atom. The first-order chi connectivity index (χ1) is 8.81. The van der Waals surface area contributed by atoms with Gasteiger partial charge in [-0.3, -0.25) is 4.21 Å². The van der Waals surface area contributed by atoms with Gasteiger partial charge in [-0.25, -0.2) is 0 Å². The first kappa shape index (κ1) is 13.4. The van der Waals surface area contributed by atoms with Crippen LogP contribution in [-0.4, -0.2) is 36.3 Å². The highest BCUT2D eigenvalue weighted by molar-refractivity contribution is 7.85. The van der Waals surface area contributed by atoms with Gasteiger partial charge in [-0.1, -0.05) is 6.92 Å². The summed E-state index contributed by atoms with van der Waals surface area (Å²) < 4.78 is 23.0. The quantitative estimate of drug-likeness (QED) is 0.796. The summed E-state index contributed by atoms with van der Waals surface area (Å²) in [4.78, 5) is 0.816. The topological polar surface area (TPSA) is 47.6 Å². The number of fused-ring (bicyclic) bond motifs is 1. The molecule has 1 aliphatic heterocycles. The van der Waals surface area contributed by atoms with Crippen LogP contribution >= 0.6 is 0 Å². The molecule has 0 saturated carbocycles. The summed E-state index contributed by atoms with van der Waals surface area (Å²) >= 11 is 0. The van der Waals surface area contributed by atoms with Crippen LogP contribution in [0.2, 0.25) is 0 Å². The van der Waals surface area contributed by atoms with Gasteiger partial charge in [0, 0.05) is 16.7 Å². The van der Waals surface area contributed by atoms with Gasteiger partial charge >= 0.3 is 0 Å². The fraction of sp³-hybridized carbons (Fsp3) is 0.538. The van der Waals surface area contributed by atoms with Crippen molar-refractivity contribution in [3.8, 4) is 11.5 Å². The van der Waals surface area contributed by atoms with Crippen molar-refractivity contribution in [1.82, 2.24) is 5.32 Å². The Morgan fingerprint density at radius 1 is 1.28 bits per heavy atom. The number of benzene rings is 1. The third-order valence-corrected chi connectivity index (χ3v) is 4.15. The fourth-order valence-corrected chi connectivity index (χ4v) is 2.89. The van der Waals surface area contributed by atoms with Crippen LogP contribution in [-0.2, 0) is 10.8 Å². The second kappa shape index (κ2) is 6.75. The Bertz CT molecular complexity index is 423. The molecule has 1 N–H and O–H groups in total. The van der Waals surface area contributed by atoms with Crippen LogP contribution in [0.3, 0.4) is 0 Å². The van der Waals surface area contributed by atoms with Crippen LogP contribution in [0, 0.1) is 0 Å². The van der Waals surface area contributed by atoms with Crippen molar-refractivity contribution in [2.75, 3.05) is 32.1 Å². The van der Waals surface area contributed by atoms with Gasteiger partial charge in [0.05, 0.1) is 10.8 Å². The van der Waals surface area contributed by atoms with Gasteiger partial charge in [0.25, 0.3) is 0 Å². The molecule has 0 spiro atoms. The molecule has 1 aromatic rings. The van der Waals surface area contributed by atoms with Gasteiger partial charge in [0.2, 0.25) is 0 Å². The number of hydrogen-bond acceptors (Lipinski definition) is 4. The van der Waals surface area contributed by atoms with Crippen LogP contribution in [0.4, 0.5) is 0 Å². The summed E-state index contributed by atoms with van der Waals surface area (Å²) in [6, 6.07) is 5.53. The lowest BCUT2D eigenvalue weighted by Gasteiger charge is -2.18. The van der Waals surface area contributed by atoms with Gasteiger partial charge in [-0.15, -0.1) is 0 Å². The third kappa shape index (κ3) is 3.46. The lowest BCUT2D eigenvalue weighted by Crippen LogP contribution is -2.17. The summed E-state index contributed by atoms with van der Waals surface area (Å²) in [6.07, 6.45) is 0.912. The van der Waals surface area contributed by atoms with Gasteiger partial charge in [0.15, 0.2) is 11.5 Å². The molecule has 0 aromatic heterocycles. The summed E-state index contributed by atoms with van der Waals surface area (Å²) in [5.41, 5.74) is 0. The molecule has 0 radical (unpaired) electrons. The maximum Gasteiger partial charge on any atom is 0.162 e. The predicted molar refractivity (Wildman–Crippen MR) is 71.9 cm³/mol. The van der Waals surface area contributed by atoms with E-state index in [4.69, 9.17) is 9.47 Å². The Labute approximate surface area is 110 Å². The van der Waals surface area contributed by atoms with Crippen molar-refractivity contribution in [3.05, 3.63) is 18.2 Å². The molecule has 1 atom stereocenters. The van der Waals surface area contributed by atoms with Crippen molar-refractivity contribution in [3.63, 3.8) is 0 Å². The minimum atomic E-state index is -0.960. The van der Waals surface area contributed by atoms with E-state index in [0.717, 1.165) is 30.2 Å². The molecule has 5 heteroatoms. The second-order valence-electron chi connectivity index (χ2n) is 4.06. The molecule has 1 aliphatic rings. The minimum Gasteiger partial charge on any atom is -0.486 e. The molecular formula is C13H19NO3S. The predicted octanol–water partition coefficient (Wildman–Crippen LogP) is 1.56. The first-order valence-corrected chi connectivity index (χ1v) is 7.62. The van der Waals surface area contributed by atoms with Gasteiger partial charge in [-0.2, -0.15) is 0 Å². The van der Waals surface area contributed by atoms with Gasteiger partial charge < -0.3 is 14.8 Å². The molecule has 0 bridgehead atoms. The fourth-order valence-electron chi connectivity index (χ4n) is 1.79. The maximum absolute atomic E-state index is 12.1. The van der Waals surface area contributed by atoms with E-state index in [9.17, 15) is 4.21 Å². The lowest BCUT2D eigenvalue weighted by atomic mass is 10.3. The van der Waals surface area contributed by atoms with E-state index in [2.05, 4.69) is 12.2 Å². The molecular weight excluding hydrogens is 250 g/mol. The number of hydrogen-bond donors (Lipinski definition) is 1. The molecule has 0 fully saturated rings. The molecule has 2 rings (SSSR count). The van der Waals surface area contributed by atoms with E-state index in [1.165, 1.54) is 0 Å². The Hall–Kier alpha value is -1.07. The van der Waals surface area contributed by atoms with Crippen LogP contribution in [0.25, 0.3) is 0 Å². The molecule has 1 aromatic carbocycles. The molecule has 0 aliphatic carbocycles. The molecule has 4 nitrogen and oxygen atoms in total. The zero-order valence-corrected chi connectivity index (χ0v) is 11.4. The van der Waals surface area contributed by atoms with Gasteiger partial charge in [0.1, 0.15) is 13.2 Å². The smallest absolute Gasteiger partial charge is 0.162 e. The van der Waals surface area contributed by atoms with E-state index >= 15 is 0 Å². The molecule has 1 heterocycles. The Kier molecular flexibility index (Phi) is 5.01. The third-order valence-electron chi connectivity index (χ3n) is 2.71. The zero-order chi connectivity index (χ0) is 12.8. The van der Waals surface area contributed by atoms with Crippen LogP contribution < -0.4 is 14.8 Å². The molecule has 18 heavy (non-hydrogen) atoms. The largest absolute Gasteiger partial charge is 0.486 e. The normalized spacial score (nSPS) is 15.4. The number of rotatable bonds is 6. The Balaban J connectivity index is 1.94. The number of nitrogens with one attached hydrogen (secondary N) is 1. The van der Waals surface area contributed by atoms with E-state index in [1.54, 1.807) is 0 Å². The van der Waals surface area contributed by atoms with Crippen molar-refractivity contribution >= 4 is 10.8 Å². The summed E-state index contributed by atoms with van der Waals surface area (Å²) in [7, 11) is -0.960. The highest BCUT2D eigenvalue weighted by Crippen LogP contribution is 2.31. The summed E-state index contributed by atoms with van der Waals surface area (Å²) in [5, 5.41) is 3.23. The highest BCUT2D eigenvalue weighted by Gasteiger charge is 2.13. The zero-order valence-electron chi connectivity index (χ0n) is 10.6. The standard InChI is InChI=1S/C13H19NO3S/c1-2-14-6-3-9-18(15)11-4-5-12-13(10-11)17-8-7-16-12/h4-5,10,14H,2-3,6-9H2,1H3. The first-order valence-electron chi connectivity index (χ1n) is 6.30. The van der Waals surface area contributed by atoms with Crippen molar-refractivity contribution in [1.29, 1.82) is 0 Å². The second-order valence-corrected chi connectivity index (χ2v) is 5.63. The Morgan fingerprint density at radius 3 is 2.83 bits per heavy atom. The molecule has 100 valence electrons. The lowest BCUT2D eigenvalue weighted by molar-refractivity contribution is 0.171. The summed E-state index contributed by atoms with van der Waals surface area (Å²) in [5.74, 6) is 2.13. The SMILES string of the molecule is CCNCCCS(=O)c1ccc2c(c1)OCCO2. The molecule has 0 amide bonds. The van der Waals surface area contributed by atoms with Crippen molar-refractivity contribution in [2.45, 2.75) is 18.2 Å². The van der Waals surface area contributed by atoms with Gasteiger partial charge in [-0.05, 0) is 31.6 Å². The molecule has 0 saturated heterocycles. The van der Waals surface area contributed by atoms with Crippen LogP contribution in [0.15, 0.2) is 23.1 Å². The summed E-state index contributed by atoms with van der Waals surface area (Å²) in [6.45, 7) is 5.07. The maximum atomic E-state index is 12.1. The van der Waals surface area contributed by atoms with Crippen molar-refractivity contribution < 1.29 is 13.7 Å².